The van der Waals surface area contributed by atoms with Crippen LogP contribution in [0, 0.1) is 12.3 Å². The first-order valence-electron chi connectivity index (χ1n) is 8.23. The summed E-state index contributed by atoms with van der Waals surface area (Å²) in [5.41, 5.74) is 0.578. The molecule has 3 rings (SSSR count). The molecule has 4 heteroatoms. The third-order valence-corrected chi connectivity index (χ3v) is 5.39. The van der Waals surface area contributed by atoms with Gasteiger partial charge in [0.25, 0.3) is 5.91 Å². The molecule has 0 bridgehead atoms. The summed E-state index contributed by atoms with van der Waals surface area (Å²) in [6, 6.07) is 11.8. The van der Waals surface area contributed by atoms with E-state index in [1.807, 2.05) is 48.7 Å². The van der Waals surface area contributed by atoms with Crippen molar-refractivity contribution >= 4 is 17.2 Å². The molecule has 24 heavy (non-hydrogen) atoms. The van der Waals surface area contributed by atoms with Gasteiger partial charge in [-0.25, -0.2) is 0 Å². The van der Waals surface area contributed by atoms with Gasteiger partial charge in [-0.1, -0.05) is 36.3 Å². The van der Waals surface area contributed by atoms with E-state index in [4.69, 9.17) is 11.2 Å². The van der Waals surface area contributed by atoms with Crippen molar-refractivity contribution in [3.05, 3.63) is 52.2 Å². The number of rotatable bonds is 5. The molecule has 1 aromatic carbocycles. The highest BCUT2D eigenvalue weighted by molar-refractivity contribution is 7.12. The van der Waals surface area contributed by atoms with Gasteiger partial charge in [0.05, 0.1) is 0 Å². The molecule has 1 amide bonds. The van der Waals surface area contributed by atoms with E-state index in [1.54, 1.807) is 0 Å². The van der Waals surface area contributed by atoms with Gasteiger partial charge in [0, 0.05) is 0 Å². The molecule has 1 aromatic heterocycles. The number of benzene rings is 1. The Labute approximate surface area is 147 Å². The smallest absolute Gasteiger partial charge is 0.266 e. The molecule has 1 saturated carbocycles. The molecule has 0 aliphatic heterocycles. The summed E-state index contributed by atoms with van der Waals surface area (Å²) in [7, 11) is 0. The van der Waals surface area contributed by atoms with Gasteiger partial charge in [-0.05, 0) is 49.6 Å². The fourth-order valence-corrected chi connectivity index (χ4v) is 3.81. The van der Waals surface area contributed by atoms with Crippen LogP contribution in [0.3, 0.4) is 0 Å². The number of terminal acetylenes is 1. The molecule has 1 fully saturated rings. The van der Waals surface area contributed by atoms with E-state index in [1.165, 1.54) is 11.3 Å². The van der Waals surface area contributed by atoms with Crippen molar-refractivity contribution in [3.8, 4) is 18.1 Å². The maximum atomic E-state index is 12.7. The van der Waals surface area contributed by atoms with Crippen LogP contribution in [0.1, 0.15) is 53.9 Å². The van der Waals surface area contributed by atoms with E-state index < -0.39 is 5.54 Å². The van der Waals surface area contributed by atoms with Crippen molar-refractivity contribution in [2.24, 2.45) is 0 Å². The number of ether oxygens (including phenoxy) is 1. The van der Waals surface area contributed by atoms with Crippen LogP contribution in [0.25, 0.3) is 0 Å². The Morgan fingerprint density at radius 1 is 1.29 bits per heavy atom. The lowest BCUT2D eigenvalue weighted by Crippen LogP contribution is -2.44. The molecule has 1 aliphatic rings. The Bertz CT molecular complexity index is 738. The summed E-state index contributed by atoms with van der Waals surface area (Å²) in [5, 5.41) is 4.93. The molecule has 2 aromatic rings. The molecule has 1 atom stereocenters. The summed E-state index contributed by atoms with van der Waals surface area (Å²) in [6.07, 6.45) is 9.35. The van der Waals surface area contributed by atoms with Crippen LogP contribution in [-0.2, 0) is 0 Å². The third-order valence-electron chi connectivity index (χ3n) is 4.49. The molecule has 1 heterocycles. The predicted molar refractivity (Wildman–Crippen MR) is 97.3 cm³/mol. The molecular formula is C20H21NO2S. The number of carbonyl (C=O) groups is 1. The molecule has 0 saturated heterocycles. The first-order valence-corrected chi connectivity index (χ1v) is 9.11. The topological polar surface area (TPSA) is 38.3 Å². The monoisotopic (exact) mass is 339 g/mol. The summed E-state index contributed by atoms with van der Waals surface area (Å²) in [6.45, 7) is 1.98. The standard InChI is InChI=1S/C20H21NO2S/c1-3-20(12-7-8-13-20)21-19(22)18-17(11-14-24-18)23-15(2)16-9-5-4-6-10-16/h1,4-6,9-11,14-15H,7-8,12-13H2,2H3,(H,21,22). The van der Waals surface area contributed by atoms with Gasteiger partial charge in [0.2, 0.25) is 0 Å². The Kier molecular flexibility index (Phi) is 4.92. The van der Waals surface area contributed by atoms with Gasteiger partial charge in [-0.15, -0.1) is 17.8 Å². The molecule has 1 N–H and O–H groups in total. The Balaban J connectivity index is 1.73. The molecule has 3 nitrogen and oxygen atoms in total. The van der Waals surface area contributed by atoms with Gasteiger partial charge < -0.3 is 10.1 Å². The zero-order valence-electron chi connectivity index (χ0n) is 13.7. The van der Waals surface area contributed by atoms with Gasteiger partial charge >= 0.3 is 0 Å². The van der Waals surface area contributed by atoms with Gasteiger partial charge in [-0.2, -0.15) is 0 Å². The Morgan fingerprint density at radius 2 is 2.00 bits per heavy atom. The minimum absolute atomic E-state index is 0.125. The van der Waals surface area contributed by atoms with Crippen LogP contribution in [-0.4, -0.2) is 11.4 Å². The minimum Gasteiger partial charge on any atom is -0.484 e. The average Bonchev–Trinajstić information content (AvgIpc) is 3.25. The number of hydrogen-bond acceptors (Lipinski definition) is 3. The van der Waals surface area contributed by atoms with E-state index in [2.05, 4.69) is 11.2 Å². The average molecular weight is 339 g/mol. The fraction of sp³-hybridized carbons (Fsp3) is 0.350. The molecule has 124 valence electrons. The number of hydrogen-bond donors (Lipinski definition) is 1. The summed E-state index contributed by atoms with van der Waals surface area (Å²) < 4.78 is 6.02. The maximum absolute atomic E-state index is 12.7. The van der Waals surface area contributed by atoms with E-state index in [0.29, 0.717) is 10.6 Å². The lowest BCUT2D eigenvalue weighted by Gasteiger charge is -2.24. The zero-order chi connectivity index (χ0) is 17.0. The summed E-state index contributed by atoms with van der Waals surface area (Å²) >= 11 is 1.38. The highest BCUT2D eigenvalue weighted by atomic mass is 32.1. The second kappa shape index (κ2) is 7.11. The van der Waals surface area contributed by atoms with Crippen LogP contribution in [0.4, 0.5) is 0 Å². The lowest BCUT2D eigenvalue weighted by atomic mass is 9.99. The number of nitrogens with one attached hydrogen (secondary N) is 1. The highest BCUT2D eigenvalue weighted by Gasteiger charge is 2.34. The number of carbonyl (C=O) groups excluding carboxylic acids is 1. The van der Waals surface area contributed by atoms with Gasteiger partial charge in [0.15, 0.2) is 0 Å². The van der Waals surface area contributed by atoms with Crippen molar-refractivity contribution < 1.29 is 9.53 Å². The minimum atomic E-state index is -0.497. The Hall–Kier alpha value is -2.25. The first kappa shape index (κ1) is 16.6. The van der Waals surface area contributed by atoms with E-state index >= 15 is 0 Å². The van der Waals surface area contributed by atoms with Crippen LogP contribution >= 0.6 is 11.3 Å². The lowest BCUT2D eigenvalue weighted by molar-refractivity contribution is 0.0919. The van der Waals surface area contributed by atoms with E-state index in [-0.39, 0.29) is 12.0 Å². The van der Waals surface area contributed by atoms with Crippen LogP contribution < -0.4 is 10.1 Å². The summed E-state index contributed by atoms with van der Waals surface area (Å²) in [5.74, 6) is 3.26. The molecule has 1 unspecified atom stereocenters. The second-order valence-electron chi connectivity index (χ2n) is 6.17. The van der Waals surface area contributed by atoms with Gasteiger partial charge in [0.1, 0.15) is 22.3 Å². The molecular weight excluding hydrogens is 318 g/mol. The second-order valence-corrected chi connectivity index (χ2v) is 7.09. The number of amides is 1. The highest BCUT2D eigenvalue weighted by Crippen LogP contribution is 2.33. The van der Waals surface area contributed by atoms with Crippen molar-refractivity contribution in [3.63, 3.8) is 0 Å². The van der Waals surface area contributed by atoms with Crippen LogP contribution in [0.5, 0.6) is 5.75 Å². The molecule has 0 spiro atoms. The van der Waals surface area contributed by atoms with E-state index in [9.17, 15) is 4.79 Å². The molecule has 0 radical (unpaired) electrons. The van der Waals surface area contributed by atoms with Crippen molar-refractivity contribution in [2.45, 2.75) is 44.2 Å². The van der Waals surface area contributed by atoms with Crippen LogP contribution in [0.15, 0.2) is 41.8 Å². The quantitative estimate of drug-likeness (QED) is 0.811. The van der Waals surface area contributed by atoms with E-state index in [0.717, 1.165) is 31.2 Å². The van der Waals surface area contributed by atoms with Crippen molar-refractivity contribution in [2.75, 3.05) is 0 Å². The SMILES string of the molecule is C#CC1(NC(=O)c2sccc2OC(C)c2ccccc2)CCCC1. The van der Waals surface area contributed by atoms with Crippen molar-refractivity contribution in [1.29, 1.82) is 0 Å². The van der Waals surface area contributed by atoms with Crippen LogP contribution in [0.2, 0.25) is 0 Å². The van der Waals surface area contributed by atoms with Crippen molar-refractivity contribution in [1.82, 2.24) is 5.32 Å². The normalized spacial score (nSPS) is 17.0. The van der Waals surface area contributed by atoms with Gasteiger partial charge in [-0.3, -0.25) is 4.79 Å². The summed E-state index contributed by atoms with van der Waals surface area (Å²) in [4.78, 5) is 13.3. The fourth-order valence-electron chi connectivity index (χ4n) is 3.10. The number of thiophene rings is 1. The maximum Gasteiger partial charge on any atom is 0.266 e. The zero-order valence-corrected chi connectivity index (χ0v) is 14.6. The predicted octanol–water partition coefficient (Wildman–Crippen LogP) is 4.56. The molecule has 1 aliphatic carbocycles. The first-order chi connectivity index (χ1) is 11.6. The largest absolute Gasteiger partial charge is 0.484 e. The Morgan fingerprint density at radius 3 is 2.67 bits per heavy atom. The third kappa shape index (κ3) is 3.47.